The maximum atomic E-state index is 6.53. The monoisotopic (exact) mass is 898 g/mol. The largest absolute Gasteiger partial charge is 0.493 e. The summed E-state index contributed by atoms with van der Waals surface area (Å²) in [5, 5.41) is 18.8. The molecule has 2 aliphatic heterocycles. The molecular formula is C52H50O2S6. The van der Waals surface area contributed by atoms with Gasteiger partial charge in [-0.1, -0.05) is 148 Å². The van der Waals surface area contributed by atoms with E-state index in [0.717, 1.165) is 35.5 Å². The number of benzene rings is 4. The summed E-state index contributed by atoms with van der Waals surface area (Å²) in [5.74, 6) is 1.81. The molecule has 0 saturated heterocycles. The average Bonchev–Trinajstić information content (AvgIpc) is 4.14. The Hall–Kier alpha value is -3.76. The van der Waals surface area contributed by atoms with E-state index in [0.29, 0.717) is 13.2 Å². The molecule has 4 aromatic carbocycles. The first-order valence-electron chi connectivity index (χ1n) is 21.0. The van der Waals surface area contributed by atoms with E-state index in [4.69, 9.17) is 9.47 Å². The second-order valence-electron chi connectivity index (χ2n) is 14.7. The molecule has 8 rings (SSSR count). The number of fused-ring (bicyclic) bond motifs is 2. The minimum Gasteiger partial charge on any atom is -0.493 e. The second-order valence-corrected chi connectivity index (χ2v) is 21.0. The molecule has 0 atom stereocenters. The van der Waals surface area contributed by atoms with Crippen LogP contribution < -0.4 is 19.9 Å². The number of hydrogen-bond acceptors (Lipinski definition) is 8. The van der Waals surface area contributed by atoms with E-state index in [1.807, 2.05) is 47.0 Å². The molecule has 0 bridgehead atoms. The molecule has 2 nitrogen and oxygen atoms in total. The van der Waals surface area contributed by atoms with Crippen LogP contribution in [0, 0.1) is 0 Å². The summed E-state index contributed by atoms with van der Waals surface area (Å²) in [6.07, 6.45) is 22.6. The Morgan fingerprint density at radius 1 is 0.467 bits per heavy atom. The number of rotatable bonds is 18. The van der Waals surface area contributed by atoms with E-state index in [1.54, 1.807) is 22.7 Å². The van der Waals surface area contributed by atoms with Gasteiger partial charge in [0.05, 0.1) is 21.7 Å². The van der Waals surface area contributed by atoms with Crippen LogP contribution in [0.2, 0.25) is 0 Å². The number of unbranched alkanes of at least 4 members (excludes halogenated alkanes) is 6. The van der Waals surface area contributed by atoms with Crippen LogP contribution in [-0.2, 0) is 0 Å². The lowest BCUT2D eigenvalue weighted by Crippen LogP contribution is -2.16. The van der Waals surface area contributed by atoms with Crippen molar-refractivity contribution in [1.29, 1.82) is 0 Å². The van der Waals surface area contributed by atoms with Crippen LogP contribution in [0.3, 0.4) is 0 Å². The summed E-state index contributed by atoms with van der Waals surface area (Å²) in [6, 6.07) is 29.0. The SMILES string of the molecule is CCCCCCOc1cc(/C=C/c2ccc(/C=C/c3ccc4c(=C5SC=CS5)c5ccccc5c(=C5SC=CS5)c4c3)s2)c(OCCCCCC)cc1/C=C/c1cccs1. The van der Waals surface area contributed by atoms with Gasteiger partial charge >= 0.3 is 0 Å². The fourth-order valence-electron chi connectivity index (χ4n) is 7.37. The zero-order valence-corrected chi connectivity index (χ0v) is 39.1. The number of hydrogen-bond donors (Lipinski definition) is 0. The topological polar surface area (TPSA) is 18.5 Å². The van der Waals surface area contributed by atoms with E-state index < -0.39 is 0 Å². The molecule has 0 saturated carbocycles. The van der Waals surface area contributed by atoms with Crippen LogP contribution >= 0.6 is 69.7 Å². The van der Waals surface area contributed by atoms with Gasteiger partial charge in [0.1, 0.15) is 11.5 Å². The first-order chi connectivity index (χ1) is 29.7. The molecule has 2 aromatic heterocycles. The highest BCUT2D eigenvalue weighted by molar-refractivity contribution is 8.35. The summed E-state index contributed by atoms with van der Waals surface area (Å²) in [4.78, 5) is 3.63. The van der Waals surface area contributed by atoms with Gasteiger partial charge in [0, 0.05) is 36.2 Å². The molecule has 0 radical (unpaired) electrons. The van der Waals surface area contributed by atoms with Crippen molar-refractivity contribution in [1.82, 2.24) is 0 Å². The van der Waals surface area contributed by atoms with Gasteiger partial charge in [-0.25, -0.2) is 0 Å². The van der Waals surface area contributed by atoms with E-state index in [1.165, 1.54) is 99.2 Å². The molecule has 0 amide bonds. The lowest BCUT2D eigenvalue weighted by molar-refractivity contribution is 0.296. The van der Waals surface area contributed by atoms with Crippen molar-refractivity contribution in [2.45, 2.75) is 65.2 Å². The van der Waals surface area contributed by atoms with Crippen LogP contribution in [0.4, 0.5) is 0 Å². The third kappa shape index (κ3) is 10.8. The lowest BCUT2D eigenvalue weighted by atomic mass is 9.97. The first-order valence-corrected chi connectivity index (χ1v) is 26.2. The summed E-state index contributed by atoms with van der Waals surface area (Å²) < 4.78 is 15.7. The number of thiophene rings is 2. The van der Waals surface area contributed by atoms with Crippen LogP contribution in [0.1, 0.15) is 96.5 Å². The van der Waals surface area contributed by atoms with Gasteiger partial charge in [-0.2, -0.15) is 0 Å². The van der Waals surface area contributed by atoms with Gasteiger partial charge in [-0.15, -0.1) is 22.7 Å². The fraction of sp³-hybridized carbons (Fsp3) is 0.231. The van der Waals surface area contributed by atoms with Crippen LogP contribution in [0.15, 0.2) is 106 Å². The summed E-state index contributed by atoms with van der Waals surface area (Å²) in [5.41, 5.74) is 3.29. The summed E-state index contributed by atoms with van der Waals surface area (Å²) >= 11 is 10.9. The minimum absolute atomic E-state index is 0.705. The highest BCUT2D eigenvalue weighted by atomic mass is 32.2. The molecule has 2 aliphatic rings. The molecule has 0 aliphatic carbocycles. The molecule has 0 N–H and O–H groups in total. The molecule has 0 fully saturated rings. The molecule has 0 unspecified atom stereocenters. The molecule has 60 heavy (non-hydrogen) atoms. The predicted octanol–water partition coefficient (Wildman–Crippen LogP) is 16.6. The predicted molar refractivity (Wildman–Crippen MR) is 277 cm³/mol. The molecule has 306 valence electrons. The van der Waals surface area contributed by atoms with E-state index >= 15 is 0 Å². The van der Waals surface area contributed by atoms with Gasteiger partial charge in [0.15, 0.2) is 0 Å². The minimum atomic E-state index is 0.705. The van der Waals surface area contributed by atoms with Crippen molar-refractivity contribution in [3.8, 4) is 11.5 Å². The van der Waals surface area contributed by atoms with Gasteiger partial charge in [-0.3, -0.25) is 0 Å². The summed E-state index contributed by atoms with van der Waals surface area (Å²) in [6.45, 7) is 5.91. The normalized spacial score (nSPS) is 14.2. The van der Waals surface area contributed by atoms with E-state index in [-0.39, 0.29) is 0 Å². The smallest absolute Gasteiger partial charge is 0.127 e. The van der Waals surface area contributed by atoms with E-state index in [9.17, 15) is 0 Å². The molecular weight excluding hydrogens is 849 g/mol. The van der Waals surface area contributed by atoms with Crippen molar-refractivity contribution in [3.63, 3.8) is 0 Å². The van der Waals surface area contributed by atoms with Crippen molar-refractivity contribution >= 4 is 136 Å². The standard InChI is InChI=1S/C52H50O2S6/c1-3-5-7-11-27-53-47-36-39(48(54-28-12-8-6-4-2)35-38(47)19-22-40-14-13-29-55-40)20-23-42-25-24-41(60-42)21-17-37-18-26-45-46(34-37)50(52-58-32-33-59-52)44-16-10-9-15-43(44)49(45)51-56-30-31-57-51/h9-10,13-26,29-36H,3-8,11-12,27-28H2,1-2H3/b21-17+,22-19+,23-20+. The van der Waals surface area contributed by atoms with Crippen LogP contribution in [-0.4, -0.2) is 13.2 Å². The van der Waals surface area contributed by atoms with Gasteiger partial charge < -0.3 is 9.47 Å². The zero-order valence-electron chi connectivity index (χ0n) is 34.2. The third-order valence-electron chi connectivity index (χ3n) is 10.4. The van der Waals surface area contributed by atoms with Gasteiger partial charge in [0.25, 0.3) is 0 Å². The fourth-order valence-corrected chi connectivity index (χ4v) is 12.6. The van der Waals surface area contributed by atoms with Gasteiger partial charge in [0.2, 0.25) is 0 Å². The Morgan fingerprint density at radius 3 is 1.55 bits per heavy atom. The maximum Gasteiger partial charge on any atom is 0.127 e. The summed E-state index contributed by atoms with van der Waals surface area (Å²) in [7, 11) is 0. The van der Waals surface area contributed by atoms with Crippen LogP contribution in [0.5, 0.6) is 11.5 Å². The number of ether oxygens (including phenoxy) is 2. The number of thioether (sulfide) groups is 4. The Labute approximate surface area is 380 Å². The zero-order chi connectivity index (χ0) is 40.9. The Balaban J connectivity index is 1.08. The van der Waals surface area contributed by atoms with Crippen molar-refractivity contribution in [2.24, 2.45) is 0 Å². The average molecular weight is 899 g/mol. The quantitative estimate of drug-likeness (QED) is 0.0627. The molecule has 0 spiro atoms. The first kappa shape index (κ1) is 42.9. The Morgan fingerprint density at radius 2 is 1.00 bits per heavy atom. The molecule has 4 heterocycles. The van der Waals surface area contributed by atoms with Crippen LogP contribution in [0.25, 0.3) is 66.5 Å². The van der Waals surface area contributed by atoms with E-state index in [2.05, 4.69) is 156 Å². The van der Waals surface area contributed by atoms with Gasteiger partial charge in [-0.05, 0) is 134 Å². The van der Waals surface area contributed by atoms with Crippen molar-refractivity contribution in [2.75, 3.05) is 13.2 Å². The lowest BCUT2D eigenvalue weighted by Gasteiger charge is -2.15. The van der Waals surface area contributed by atoms with Crippen molar-refractivity contribution < 1.29 is 9.47 Å². The second kappa shape index (κ2) is 21.9. The van der Waals surface area contributed by atoms with Crippen molar-refractivity contribution in [3.05, 3.63) is 148 Å². The highest BCUT2D eigenvalue weighted by Crippen LogP contribution is 2.41. The maximum absolute atomic E-state index is 6.53. The third-order valence-corrected chi connectivity index (χ3v) is 16.5. The molecule has 8 heteroatoms. The Bertz CT molecular complexity index is 2680. The highest BCUT2D eigenvalue weighted by Gasteiger charge is 2.16. The molecule has 6 aromatic rings. The Kier molecular flexibility index (Phi) is 15.6.